The van der Waals surface area contributed by atoms with Crippen LogP contribution in [0.3, 0.4) is 0 Å². The summed E-state index contributed by atoms with van der Waals surface area (Å²) in [6.45, 7) is 0. The molecule has 0 N–H and O–H groups in total. The molecule has 0 aliphatic rings. The largest absolute Gasteiger partial charge is 0.289 e. The summed E-state index contributed by atoms with van der Waals surface area (Å²) in [4.78, 5) is 9.85. The SMILES string of the molecule is O=CC#CCc1ccc(Cl)cc1. The van der Waals surface area contributed by atoms with E-state index < -0.39 is 0 Å². The highest BCUT2D eigenvalue weighted by Gasteiger charge is 1.88. The van der Waals surface area contributed by atoms with E-state index in [1.54, 1.807) is 12.1 Å². The third-order valence-electron chi connectivity index (χ3n) is 1.37. The monoisotopic (exact) mass is 178 g/mol. The number of rotatable bonds is 1. The quantitative estimate of drug-likeness (QED) is 0.476. The number of benzene rings is 1. The van der Waals surface area contributed by atoms with Crippen LogP contribution in [0.5, 0.6) is 0 Å². The van der Waals surface area contributed by atoms with Crippen LogP contribution in [0.4, 0.5) is 0 Å². The molecule has 0 bridgehead atoms. The summed E-state index contributed by atoms with van der Waals surface area (Å²) < 4.78 is 0. The highest BCUT2D eigenvalue weighted by molar-refractivity contribution is 6.30. The van der Waals surface area contributed by atoms with Gasteiger partial charge in [0.1, 0.15) is 0 Å². The molecule has 0 spiro atoms. The van der Waals surface area contributed by atoms with E-state index in [-0.39, 0.29) is 0 Å². The fourth-order valence-corrected chi connectivity index (χ4v) is 0.923. The molecule has 0 fully saturated rings. The van der Waals surface area contributed by atoms with Crippen molar-refractivity contribution in [2.45, 2.75) is 6.42 Å². The second-order valence-electron chi connectivity index (χ2n) is 2.24. The van der Waals surface area contributed by atoms with Crippen molar-refractivity contribution < 1.29 is 4.79 Å². The molecule has 0 saturated heterocycles. The van der Waals surface area contributed by atoms with Gasteiger partial charge in [-0.05, 0) is 23.6 Å². The Hall–Kier alpha value is -1.26. The molecule has 60 valence electrons. The number of halogens is 1. The maximum Gasteiger partial charge on any atom is 0.192 e. The maximum absolute atomic E-state index is 9.85. The molecule has 0 atom stereocenters. The third-order valence-corrected chi connectivity index (χ3v) is 1.62. The standard InChI is InChI=1S/C10H7ClO/c11-10-6-4-9(5-7-10)3-1-2-8-12/h4-8H,3H2. The van der Waals surface area contributed by atoms with Crippen molar-refractivity contribution in [3.05, 3.63) is 34.9 Å². The zero-order valence-electron chi connectivity index (χ0n) is 6.38. The van der Waals surface area contributed by atoms with Gasteiger partial charge >= 0.3 is 0 Å². The lowest BCUT2D eigenvalue weighted by atomic mass is 10.2. The van der Waals surface area contributed by atoms with Gasteiger partial charge in [-0.15, -0.1) is 0 Å². The van der Waals surface area contributed by atoms with Gasteiger partial charge in [-0.25, -0.2) is 0 Å². The van der Waals surface area contributed by atoms with Gasteiger partial charge in [0.2, 0.25) is 0 Å². The van der Waals surface area contributed by atoms with Gasteiger partial charge in [0.15, 0.2) is 6.29 Å². The molecule has 0 amide bonds. The zero-order chi connectivity index (χ0) is 8.81. The molecule has 0 aromatic heterocycles. The van der Waals surface area contributed by atoms with Crippen molar-refractivity contribution in [2.24, 2.45) is 0 Å². The molecule has 0 unspecified atom stereocenters. The van der Waals surface area contributed by atoms with Crippen LogP contribution in [-0.2, 0) is 11.2 Å². The van der Waals surface area contributed by atoms with Crippen LogP contribution < -0.4 is 0 Å². The first kappa shape index (κ1) is 8.83. The Morgan fingerprint density at radius 3 is 2.58 bits per heavy atom. The molecule has 1 nitrogen and oxygen atoms in total. The normalized spacial score (nSPS) is 8.42. The van der Waals surface area contributed by atoms with Crippen LogP contribution in [0.25, 0.3) is 0 Å². The first-order valence-electron chi connectivity index (χ1n) is 3.49. The van der Waals surface area contributed by atoms with Crippen molar-refractivity contribution in [3.63, 3.8) is 0 Å². The van der Waals surface area contributed by atoms with Crippen molar-refractivity contribution in [1.29, 1.82) is 0 Å². The Bertz CT molecular complexity index is 316. The minimum Gasteiger partial charge on any atom is -0.289 e. The summed E-state index contributed by atoms with van der Waals surface area (Å²) >= 11 is 5.68. The summed E-state index contributed by atoms with van der Waals surface area (Å²) in [5.74, 6) is 5.06. The molecular weight excluding hydrogens is 172 g/mol. The van der Waals surface area contributed by atoms with Crippen LogP contribution in [0.15, 0.2) is 24.3 Å². The lowest BCUT2D eigenvalue weighted by molar-refractivity contribution is -0.103. The van der Waals surface area contributed by atoms with E-state index in [9.17, 15) is 4.79 Å². The van der Waals surface area contributed by atoms with Crippen molar-refractivity contribution in [2.75, 3.05) is 0 Å². The molecule has 1 aromatic rings. The Balaban J connectivity index is 2.64. The minimum absolute atomic E-state index is 0.593. The molecule has 0 radical (unpaired) electrons. The second kappa shape index (κ2) is 4.58. The van der Waals surface area contributed by atoms with Crippen LogP contribution in [0.2, 0.25) is 5.02 Å². The average molecular weight is 179 g/mol. The summed E-state index contributed by atoms with van der Waals surface area (Å²) in [5.41, 5.74) is 1.06. The maximum atomic E-state index is 9.85. The molecule has 0 aliphatic heterocycles. The molecule has 2 heteroatoms. The first-order chi connectivity index (χ1) is 5.83. The summed E-state index contributed by atoms with van der Waals surface area (Å²) in [5, 5.41) is 0.710. The molecule has 12 heavy (non-hydrogen) atoms. The molecule has 0 heterocycles. The van der Waals surface area contributed by atoms with Gasteiger partial charge in [0.05, 0.1) is 0 Å². The molecule has 1 rings (SSSR count). The fraction of sp³-hybridized carbons (Fsp3) is 0.100. The van der Waals surface area contributed by atoms with Crippen LogP contribution >= 0.6 is 11.6 Å². The van der Waals surface area contributed by atoms with Crippen LogP contribution in [0, 0.1) is 11.8 Å². The summed E-state index contributed by atoms with van der Waals surface area (Å²) in [7, 11) is 0. The second-order valence-corrected chi connectivity index (χ2v) is 2.68. The molecule has 0 saturated carbocycles. The van der Waals surface area contributed by atoms with Gasteiger partial charge in [-0.1, -0.05) is 29.7 Å². The van der Waals surface area contributed by atoms with Gasteiger partial charge in [0, 0.05) is 11.4 Å². The Kier molecular flexibility index (Phi) is 3.37. The van der Waals surface area contributed by atoms with Crippen molar-refractivity contribution >= 4 is 17.9 Å². The predicted octanol–water partition coefficient (Wildman–Crippen LogP) is 2.08. The highest BCUT2D eigenvalue weighted by Crippen LogP contribution is 2.09. The summed E-state index contributed by atoms with van der Waals surface area (Å²) in [6.07, 6.45) is 1.19. The van der Waals surface area contributed by atoms with E-state index in [0.29, 0.717) is 17.7 Å². The highest BCUT2D eigenvalue weighted by atomic mass is 35.5. The van der Waals surface area contributed by atoms with Gasteiger partial charge in [0.25, 0.3) is 0 Å². The smallest absolute Gasteiger partial charge is 0.192 e. The topological polar surface area (TPSA) is 17.1 Å². The van der Waals surface area contributed by atoms with E-state index in [1.807, 2.05) is 12.1 Å². The van der Waals surface area contributed by atoms with Crippen molar-refractivity contribution in [1.82, 2.24) is 0 Å². The van der Waals surface area contributed by atoms with E-state index >= 15 is 0 Å². The first-order valence-corrected chi connectivity index (χ1v) is 3.87. The van der Waals surface area contributed by atoms with E-state index in [2.05, 4.69) is 11.8 Å². The number of hydrogen-bond acceptors (Lipinski definition) is 1. The Morgan fingerprint density at radius 1 is 1.33 bits per heavy atom. The number of aldehydes is 1. The average Bonchev–Trinajstić information content (AvgIpc) is 2.09. The molecule has 0 aliphatic carbocycles. The lowest BCUT2D eigenvalue weighted by Gasteiger charge is -1.93. The van der Waals surface area contributed by atoms with Gasteiger partial charge < -0.3 is 0 Å². The zero-order valence-corrected chi connectivity index (χ0v) is 7.14. The Morgan fingerprint density at radius 2 is 2.00 bits per heavy atom. The number of carbonyl (C=O) groups excluding carboxylic acids is 1. The van der Waals surface area contributed by atoms with Gasteiger partial charge in [-0.2, -0.15) is 0 Å². The lowest BCUT2D eigenvalue weighted by Crippen LogP contribution is -1.79. The molecular formula is C10H7ClO. The van der Waals surface area contributed by atoms with E-state index in [1.165, 1.54) is 0 Å². The minimum atomic E-state index is 0.593. The van der Waals surface area contributed by atoms with Crippen molar-refractivity contribution in [3.8, 4) is 11.8 Å². The predicted molar refractivity (Wildman–Crippen MR) is 49.0 cm³/mol. The third kappa shape index (κ3) is 2.77. The van der Waals surface area contributed by atoms with E-state index in [0.717, 1.165) is 5.56 Å². The van der Waals surface area contributed by atoms with Gasteiger partial charge in [-0.3, -0.25) is 4.79 Å². The van der Waals surface area contributed by atoms with Crippen LogP contribution in [0.1, 0.15) is 5.56 Å². The Labute approximate surface area is 76.4 Å². The van der Waals surface area contributed by atoms with Crippen LogP contribution in [-0.4, -0.2) is 6.29 Å². The fourth-order valence-electron chi connectivity index (χ4n) is 0.797. The number of hydrogen-bond donors (Lipinski definition) is 0. The summed E-state index contributed by atoms with van der Waals surface area (Å²) in [6, 6.07) is 7.39. The number of carbonyl (C=O) groups is 1. The molecule has 1 aromatic carbocycles. The van der Waals surface area contributed by atoms with E-state index in [4.69, 9.17) is 11.6 Å².